The molecular formula is C8H13NO3. The Kier molecular flexibility index (Phi) is 3.10. The van der Waals surface area contributed by atoms with E-state index < -0.39 is 0 Å². The number of amides is 1. The Balaban J connectivity index is 2.34. The molecule has 0 saturated carbocycles. The minimum atomic E-state index is -0.328. The molecule has 1 saturated heterocycles. The fourth-order valence-corrected chi connectivity index (χ4v) is 0.960. The van der Waals surface area contributed by atoms with Crippen molar-refractivity contribution in [1.29, 1.82) is 0 Å². The van der Waals surface area contributed by atoms with Crippen LogP contribution in [0.5, 0.6) is 0 Å². The first-order chi connectivity index (χ1) is 5.70. The van der Waals surface area contributed by atoms with E-state index in [-0.39, 0.29) is 6.09 Å². The van der Waals surface area contributed by atoms with E-state index in [1.165, 1.54) is 0 Å². The van der Waals surface area contributed by atoms with E-state index in [0.717, 1.165) is 0 Å². The van der Waals surface area contributed by atoms with Crippen LogP contribution in [0.25, 0.3) is 0 Å². The first kappa shape index (κ1) is 9.06. The van der Waals surface area contributed by atoms with Crippen molar-refractivity contribution in [3.8, 4) is 0 Å². The topological polar surface area (TPSA) is 38.8 Å². The lowest BCUT2D eigenvalue weighted by Gasteiger charge is -2.25. The molecule has 0 atom stereocenters. The summed E-state index contributed by atoms with van der Waals surface area (Å²) in [6, 6.07) is 0. The van der Waals surface area contributed by atoms with Gasteiger partial charge in [0.15, 0.2) is 0 Å². The number of nitrogens with zero attached hydrogens (tertiary/aromatic N) is 1. The smallest absolute Gasteiger partial charge is 0.415 e. The summed E-state index contributed by atoms with van der Waals surface area (Å²) >= 11 is 0. The van der Waals surface area contributed by atoms with Crippen LogP contribution in [0, 0.1) is 0 Å². The third kappa shape index (κ3) is 2.54. The highest BCUT2D eigenvalue weighted by Gasteiger charge is 2.17. The van der Waals surface area contributed by atoms with E-state index in [1.807, 2.05) is 0 Å². The number of hydrogen-bond donors (Lipinski definition) is 0. The molecular weight excluding hydrogens is 158 g/mol. The number of morpholine rings is 1. The molecule has 0 aliphatic carbocycles. The molecule has 0 aromatic rings. The molecule has 0 N–H and O–H groups in total. The van der Waals surface area contributed by atoms with E-state index in [0.29, 0.717) is 32.1 Å². The summed E-state index contributed by atoms with van der Waals surface area (Å²) in [6.45, 7) is 7.52. The van der Waals surface area contributed by atoms with Crippen LogP contribution < -0.4 is 0 Å². The average molecular weight is 171 g/mol. The molecule has 4 nitrogen and oxygen atoms in total. The van der Waals surface area contributed by atoms with Crippen LogP contribution in [-0.2, 0) is 9.47 Å². The van der Waals surface area contributed by atoms with Gasteiger partial charge in [-0.15, -0.1) is 0 Å². The van der Waals surface area contributed by atoms with Crippen LogP contribution in [0.3, 0.4) is 0 Å². The lowest BCUT2D eigenvalue weighted by Crippen LogP contribution is -2.40. The molecule has 1 rings (SSSR count). The predicted molar refractivity (Wildman–Crippen MR) is 43.7 cm³/mol. The number of carbonyl (C=O) groups excluding carboxylic acids is 1. The first-order valence-corrected chi connectivity index (χ1v) is 3.90. The van der Waals surface area contributed by atoms with E-state index in [1.54, 1.807) is 11.8 Å². The molecule has 0 bridgehead atoms. The summed E-state index contributed by atoms with van der Waals surface area (Å²) in [6.07, 6.45) is -0.328. The predicted octanol–water partition coefficient (Wildman–Crippen LogP) is 0.989. The standard InChI is InChI=1S/C8H13NO3/c1-7(2)12-8(10)9-3-5-11-6-4-9/h1,3-6H2,2H3. The fourth-order valence-electron chi connectivity index (χ4n) is 0.960. The van der Waals surface area contributed by atoms with Crippen LogP contribution in [0.15, 0.2) is 12.3 Å². The number of rotatable bonds is 1. The summed E-state index contributed by atoms with van der Waals surface area (Å²) in [5, 5.41) is 0. The largest absolute Gasteiger partial charge is 0.416 e. The quantitative estimate of drug-likeness (QED) is 0.552. The van der Waals surface area contributed by atoms with Crippen LogP contribution in [0.2, 0.25) is 0 Å². The van der Waals surface area contributed by atoms with Crippen molar-refractivity contribution in [1.82, 2.24) is 4.90 Å². The van der Waals surface area contributed by atoms with Crippen molar-refractivity contribution in [3.63, 3.8) is 0 Å². The molecule has 1 aliphatic rings. The van der Waals surface area contributed by atoms with Gasteiger partial charge in [0.2, 0.25) is 0 Å². The van der Waals surface area contributed by atoms with Crippen LogP contribution in [0.1, 0.15) is 6.92 Å². The first-order valence-electron chi connectivity index (χ1n) is 3.90. The maximum absolute atomic E-state index is 11.2. The summed E-state index contributed by atoms with van der Waals surface area (Å²) in [5.74, 6) is 0.423. The van der Waals surface area contributed by atoms with Crippen LogP contribution >= 0.6 is 0 Å². The van der Waals surface area contributed by atoms with Crippen molar-refractivity contribution in [2.24, 2.45) is 0 Å². The van der Waals surface area contributed by atoms with Crippen molar-refractivity contribution in [2.45, 2.75) is 6.92 Å². The van der Waals surface area contributed by atoms with Gasteiger partial charge in [-0.05, 0) is 6.92 Å². The molecule has 1 heterocycles. The monoisotopic (exact) mass is 171 g/mol. The lowest BCUT2D eigenvalue weighted by atomic mass is 10.4. The van der Waals surface area contributed by atoms with Gasteiger partial charge in [-0.25, -0.2) is 4.79 Å². The summed E-state index contributed by atoms with van der Waals surface area (Å²) in [5.41, 5.74) is 0. The summed E-state index contributed by atoms with van der Waals surface area (Å²) < 4.78 is 9.91. The number of carbonyl (C=O) groups is 1. The van der Waals surface area contributed by atoms with Gasteiger partial charge in [-0.2, -0.15) is 0 Å². The Hall–Kier alpha value is -1.03. The molecule has 0 spiro atoms. The minimum absolute atomic E-state index is 0.328. The maximum Gasteiger partial charge on any atom is 0.415 e. The Morgan fingerprint density at radius 1 is 1.50 bits per heavy atom. The maximum atomic E-state index is 11.2. The minimum Gasteiger partial charge on any atom is -0.416 e. The highest BCUT2D eigenvalue weighted by atomic mass is 16.6. The number of ether oxygens (including phenoxy) is 2. The van der Waals surface area contributed by atoms with E-state index in [4.69, 9.17) is 9.47 Å². The highest BCUT2D eigenvalue weighted by Crippen LogP contribution is 2.02. The van der Waals surface area contributed by atoms with Crippen molar-refractivity contribution >= 4 is 6.09 Å². The normalized spacial score (nSPS) is 17.2. The highest BCUT2D eigenvalue weighted by molar-refractivity contribution is 5.68. The second-order valence-corrected chi connectivity index (χ2v) is 2.67. The molecule has 1 amide bonds. The van der Waals surface area contributed by atoms with Crippen molar-refractivity contribution in [2.75, 3.05) is 26.3 Å². The van der Waals surface area contributed by atoms with Gasteiger partial charge in [-0.3, -0.25) is 0 Å². The molecule has 0 unspecified atom stereocenters. The Morgan fingerprint density at radius 2 is 2.08 bits per heavy atom. The number of allylic oxidation sites excluding steroid dienone is 1. The van der Waals surface area contributed by atoms with Gasteiger partial charge >= 0.3 is 6.09 Å². The van der Waals surface area contributed by atoms with Gasteiger partial charge in [0, 0.05) is 13.1 Å². The Bertz CT molecular complexity index is 185. The molecule has 1 fully saturated rings. The zero-order valence-corrected chi connectivity index (χ0v) is 7.21. The molecule has 0 radical (unpaired) electrons. The van der Waals surface area contributed by atoms with Gasteiger partial charge in [0.1, 0.15) is 0 Å². The fraction of sp³-hybridized carbons (Fsp3) is 0.625. The third-order valence-electron chi connectivity index (χ3n) is 1.53. The van der Waals surface area contributed by atoms with Crippen LogP contribution in [-0.4, -0.2) is 37.3 Å². The van der Waals surface area contributed by atoms with Gasteiger partial charge < -0.3 is 14.4 Å². The SMILES string of the molecule is C=C(C)OC(=O)N1CCOCC1. The van der Waals surface area contributed by atoms with E-state index in [9.17, 15) is 4.79 Å². The third-order valence-corrected chi connectivity index (χ3v) is 1.53. The second-order valence-electron chi connectivity index (χ2n) is 2.67. The van der Waals surface area contributed by atoms with Crippen molar-refractivity contribution < 1.29 is 14.3 Å². The van der Waals surface area contributed by atoms with Gasteiger partial charge in [0.05, 0.1) is 19.0 Å². The van der Waals surface area contributed by atoms with Crippen LogP contribution in [0.4, 0.5) is 4.79 Å². The Morgan fingerprint density at radius 3 is 2.58 bits per heavy atom. The van der Waals surface area contributed by atoms with Gasteiger partial charge in [-0.1, -0.05) is 6.58 Å². The second kappa shape index (κ2) is 4.11. The zero-order chi connectivity index (χ0) is 8.97. The summed E-state index contributed by atoms with van der Waals surface area (Å²) in [7, 11) is 0. The number of hydrogen-bond acceptors (Lipinski definition) is 3. The molecule has 4 heteroatoms. The van der Waals surface area contributed by atoms with Crippen molar-refractivity contribution in [3.05, 3.63) is 12.3 Å². The average Bonchev–Trinajstić information content (AvgIpc) is 2.05. The molecule has 0 aromatic carbocycles. The molecule has 1 aliphatic heterocycles. The lowest BCUT2D eigenvalue weighted by molar-refractivity contribution is 0.0351. The molecule has 12 heavy (non-hydrogen) atoms. The van der Waals surface area contributed by atoms with E-state index in [2.05, 4.69) is 6.58 Å². The van der Waals surface area contributed by atoms with E-state index >= 15 is 0 Å². The molecule has 68 valence electrons. The Labute approximate surface area is 71.7 Å². The molecule has 0 aromatic heterocycles. The zero-order valence-electron chi connectivity index (χ0n) is 7.21. The van der Waals surface area contributed by atoms with Gasteiger partial charge in [0.25, 0.3) is 0 Å². The summed E-state index contributed by atoms with van der Waals surface area (Å²) in [4.78, 5) is 12.8.